The lowest BCUT2D eigenvalue weighted by Crippen LogP contribution is -2.28. The molecule has 0 aliphatic carbocycles. The van der Waals surface area contributed by atoms with Gasteiger partial charge in [-0.25, -0.2) is 0 Å². The summed E-state index contributed by atoms with van der Waals surface area (Å²) < 4.78 is 10.7. The Labute approximate surface area is 114 Å². The van der Waals surface area contributed by atoms with Gasteiger partial charge in [0.05, 0.1) is 13.2 Å². The number of carbonyl (C=O) groups excluding carboxylic acids is 1. The number of nitrogen functional groups attached to an aromatic ring is 1. The Balaban J connectivity index is 2.03. The lowest BCUT2D eigenvalue weighted by atomic mass is 10.3. The summed E-state index contributed by atoms with van der Waals surface area (Å²) in [6.07, 6.45) is 1.36. The molecule has 5 heteroatoms. The molecule has 0 aliphatic rings. The van der Waals surface area contributed by atoms with Crippen LogP contribution in [0, 0.1) is 0 Å². The second-order valence-corrected chi connectivity index (χ2v) is 4.13. The average Bonchev–Trinajstić information content (AvgIpc) is 2.42. The molecule has 0 aromatic heterocycles. The highest BCUT2D eigenvalue weighted by atomic mass is 16.5. The molecule has 1 aromatic rings. The molecule has 0 radical (unpaired) electrons. The molecule has 0 unspecified atom stereocenters. The first-order valence-corrected chi connectivity index (χ1v) is 6.55. The van der Waals surface area contributed by atoms with E-state index in [4.69, 9.17) is 15.2 Å². The van der Waals surface area contributed by atoms with Crippen LogP contribution in [-0.2, 0) is 9.53 Å². The molecule has 106 valence electrons. The van der Waals surface area contributed by atoms with Crippen molar-refractivity contribution in [3.63, 3.8) is 0 Å². The van der Waals surface area contributed by atoms with E-state index in [9.17, 15) is 4.79 Å². The Morgan fingerprint density at radius 3 is 2.63 bits per heavy atom. The van der Waals surface area contributed by atoms with E-state index >= 15 is 0 Å². The summed E-state index contributed by atoms with van der Waals surface area (Å²) in [7, 11) is 0. The van der Waals surface area contributed by atoms with Crippen molar-refractivity contribution < 1.29 is 14.3 Å². The number of benzene rings is 1. The summed E-state index contributed by atoms with van der Waals surface area (Å²) in [6, 6.07) is 7.16. The van der Waals surface area contributed by atoms with Crippen molar-refractivity contribution >= 4 is 11.6 Å². The Hall–Kier alpha value is -1.75. The van der Waals surface area contributed by atoms with Crippen LogP contribution in [0.25, 0.3) is 0 Å². The molecule has 0 saturated carbocycles. The SMILES string of the molecule is CCCOCCC(=O)NCCOc1ccc(N)cc1. The first-order chi connectivity index (χ1) is 9.22. The van der Waals surface area contributed by atoms with Crippen LogP contribution in [0.3, 0.4) is 0 Å². The van der Waals surface area contributed by atoms with Gasteiger partial charge in [0.15, 0.2) is 0 Å². The maximum absolute atomic E-state index is 11.4. The smallest absolute Gasteiger partial charge is 0.222 e. The largest absolute Gasteiger partial charge is 0.492 e. The van der Waals surface area contributed by atoms with Gasteiger partial charge in [-0.2, -0.15) is 0 Å². The second-order valence-electron chi connectivity index (χ2n) is 4.13. The van der Waals surface area contributed by atoms with E-state index in [1.165, 1.54) is 0 Å². The number of rotatable bonds is 9. The van der Waals surface area contributed by atoms with E-state index in [-0.39, 0.29) is 5.91 Å². The van der Waals surface area contributed by atoms with Gasteiger partial charge < -0.3 is 20.5 Å². The zero-order chi connectivity index (χ0) is 13.9. The third kappa shape index (κ3) is 7.31. The van der Waals surface area contributed by atoms with Crippen LogP contribution in [0.4, 0.5) is 5.69 Å². The predicted molar refractivity (Wildman–Crippen MR) is 75.1 cm³/mol. The van der Waals surface area contributed by atoms with Gasteiger partial charge >= 0.3 is 0 Å². The van der Waals surface area contributed by atoms with E-state index in [2.05, 4.69) is 5.32 Å². The van der Waals surface area contributed by atoms with Crippen molar-refractivity contribution in [3.05, 3.63) is 24.3 Å². The summed E-state index contributed by atoms with van der Waals surface area (Å²) in [5, 5.41) is 2.77. The van der Waals surface area contributed by atoms with Crippen LogP contribution in [-0.4, -0.2) is 32.3 Å². The maximum atomic E-state index is 11.4. The zero-order valence-electron chi connectivity index (χ0n) is 11.4. The number of carbonyl (C=O) groups is 1. The normalized spacial score (nSPS) is 10.2. The number of nitrogens with two attached hydrogens (primary N) is 1. The van der Waals surface area contributed by atoms with Crippen molar-refractivity contribution in [2.45, 2.75) is 19.8 Å². The molecule has 0 heterocycles. The molecule has 3 N–H and O–H groups in total. The molecular weight excluding hydrogens is 244 g/mol. The average molecular weight is 266 g/mol. The fraction of sp³-hybridized carbons (Fsp3) is 0.500. The highest BCUT2D eigenvalue weighted by Gasteiger charge is 2.00. The number of hydrogen-bond donors (Lipinski definition) is 2. The van der Waals surface area contributed by atoms with Crippen molar-refractivity contribution in [3.8, 4) is 5.75 Å². The molecule has 0 bridgehead atoms. The standard InChI is InChI=1S/C14H22N2O3/c1-2-9-18-10-7-14(17)16-8-11-19-13-5-3-12(15)4-6-13/h3-6H,2,7-11,15H2,1H3,(H,16,17). The maximum Gasteiger partial charge on any atom is 0.222 e. The zero-order valence-corrected chi connectivity index (χ0v) is 11.4. The molecule has 0 aliphatic heterocycles. The predicted octanol–water partition coefficient (Wildman–Crippen LogP) is 1.58. The summed E-state index contributed by atoms with van der Waals surface area (Å²) >= 11 is 0. The summed E-state index contributed by atoms with van der Waals surface area (Å²) in [5.74, 6) is 0.728. The summed E-state index contributed by atoms with van der Waals surface area (Å²) in [6.45, 7) is 4.13. The molecular formula is C14H22N2O3. The topological polar surface area (TPSA) is 73.6 Å². The highest BCUT2D eigenvalue weighted by Crippen LogP contribution is 2.12. The minimum atomic E-state index is -0.0167. The summed E-state index contributed by atoms with van der Waals surface area (Å²) in [5.41, 5.74) is 6.27. The highest BCUT2D eigenvalue weighted by molar-refractivity contribution is 5.75. The van der Waals surface area contributed by atoms with Crippen molar-refractivity contribution in [2.24, 2.45) is 0 Å². The molecule has 1 rings (SSSR count). The first-order valence-electron chi connectivity index (χ1n) is 6.55. The Morgan fingerprint density at radius 1 is 1.21 bits per heavy atom. The van der Waals surface area contributed by atoms with Crippen LogP contribution >= 0.6 is 0 Å². The second kappa shape index (κ2) is 9.22. The van der Waals surface area contributed by atoms with E-state index in [0.717, 1.165) is 12.2 Å². The number of amides is 1. The fourth-order valence-electron chi connectivity index (χ4n) is 1.42. The van der Waals surface area contributed by atoms with Gasteiger partial charge in [-0.05, 0) is 30.7 Å². The molecule has 0 fully saturated rings. The van der Waals surface area contributed by atoms with E-state index in [1.807, 2.05) is 6.92 Å². The number of ether oxygens (including phenoxy) is 2. The Kier molecular flexibility index (Phi) is 7.43. The van der Waals surface area contributed by atoms with Gasteiger partial charge in [0.2, 0.25) is 5.91 Å². The molecule has 1 aromatic carbocycles. The number of hydrogen-bond acceptors (Lipinski definition) is 4. The number of anilines is 1. The van der Waals surface area contributed by atoms with Crippen molar-refractivity contribution in [1.82, 2.24) is 5.32 Å². The lowest BCUT2D eigenvalue weighted by Gasteiger charge is -2.08. The lowest BCUT2D eigenvalue weighted by molar-refractivity contribution is -0.122. The molecule has 19 heavy (non-hydrogen) atoms. The molecule has 0 atom stereocenters. The van der Waals surface area contributed by atoms with Crippen LogP contribution in [0.5, 0.6) is 5.75 Å². The molecule has 5 nitrogen and oxygen atoms in total. The van der Waals surface area contributed by atoms with Gasteiger partial charge in [-0.15, -0.1) is 0 Å². The van der Waals surface area contributed by atoms with Crippen LogP contribution in [0.2, 0.25) is 0 Å². The van der Waals surface area contributed by atoms with E-state index in [0.29, 0.717) is 38.5 Å². The van der Waals surface area contributed by atoms with Gasteiger partial charge in [0, 0.05) is 18.7 Å². The van der Waals surface area contributed by atoms with Crippen molar-refractivity contribution in [1.29, 1.82) is 0 Å². The Morgan fingerprint density at radius 2 is 1.95 bits per heavy atom. The number of nitrogens with one attached hydrogen (secondary N) is 1. The third-order valence-electron chi connectivity index (χ3n) is 2.39. The molecule has 1 amide bonds. The molecule has 0 saturated heterocycles. The fourth-order valence-corrected chi connectivity index (χ4v) is 1.42. The minimum Gasteiger partial charge on any atom is -0.492 e. The van der Waals surface area contributed by atoms with Gasteiger partial charge in [-0.1, -0.05) is 6.92 Å². The van der Waals surface area contributed by atoms with Gasteiger partial charge in [0.25, 0.3) is 0 Å². The van der Waals surface area contributed by atoms with E-state index in [1.54, 1.807) is 24.3 Å². The molecule has 0 spiro atoms. The monoisotopic (exact) mass is 266 g/mol. The minimum absolute atomic E-state index is 0.0167. The first kappa shape index (κ1) is 15.3. The van der Waals surface area contributed by atoms with Crippen LogP contribution in [0.15, 0.2) is 24.3 Å². The van der Waals surface area contributed by atoms with Gasteiger partial charge in [-0.3, -0.25) is 4.79 Å². The summed E-state index contributed by atoms with van der Waals surface area (Å²) in [4.78, 5) is 11.4. The Bertz CT molecular complexity index is 365. The van der Waals surface area contributed by atoms with Gasteiger partial charge in [0.1, 0.15) is 12.4 Å². The van der Waals surface area contributed by atoms with Crippen LogP contribution < -0.4 is 15.8 Å². The van der Waals surface area contributed by atoms with E-state index < -0.39 is 0 Å². The third-order valence-corrected chi connectivity index (χ3v) is 2.39. The quantitative estimate of drug-likeness (QED) is 0.526. The van der Waals surface area contributed by atoms with Crippen LogP contribution in [0.1, 0.15) is 19.8 Å². The van der Waals surface area contributed by atoms with Crippen molar-refractivity contribution in [2.75, 3.05) is 32.1 Å².